The third kappa shape index (κ3) is 6.43. The van der Waals surface area contributed by atoms with Crippen LogP contribution in [0, 0.1) is 22.6 Å². The molecule has 0 bridgehead atoms. The van der Waals surface area contributed by atoms with E-state index in [0.717, 1.165) is 0 Å². The van der Waals surface area contributed by atoms with E-state index >= 15 is 0 Å². The number of hydrogen-bond donors (Lipinski definition) is 2. The zero-order valence-corrected chi connectivity index (χ0v) is 21.6. The van der Waals surface area contributed by atoms with Gasteiger partial charge in [0.05, 0.1) is 0 Å². The van der Waals surface area contributed by atoms with Crippen LogP contribution in [0.15, 0.2) is 65.8 Å². The predicted molar refractivity (Wildman–Crippen MR) is 139 cm³/mol. The van der Waals surface area contributed by atoms with Gasteiger partial charge in [0.25, 0.3) is 5.90 Å². The van der Waals surface area contributed by atoms with Crippen molar-refractivity contribution in [3.05, 3.63) is 93.8 Å². The third-order valence-corrected chi connectivity index (χ3v) is 7.29. The quantitative estimate of drug-likeness (QED) is 0.163. The highest BCUT2D eigenvalue weighted by molar-refractivity contribution is 6.14. The van der Waals surface area contributed by atoms with E-state index in [9.17, 15) is 31.5 Å². The Labute approximate surface area is 227 Å². The van der Waals surface area contributed by atoms with E-state index in [1.807, 2.05) is 0 Å². The number of alkyl halides is 4. The van der Waals surface area contributed by atoms with Crippen LogP contribution in [0.1, 0.15) is 65.6 Å². The van der Waals surface area contributed by atoms with Gasteiger partial charge in [-0.3, -0.25) is 20.4 Å². The lowest BCUT2D eigenvalue weighted by Crippen LogP contribution is -2.27. The van der Waals surface area contributed by atoms with Crippen molar-refractivity contribution in [1.82, 2.24) is 0 Å². The Hall–Kier alpha value is -3.95. The van der Waals surface area contributed by atoms with Crippen LogP contribution in [0.2, 0.25) is 0 Å². The normalized spacial score (nSPS) is 20.2. The Morgan fingerprint density at radius 2 is 1.85 bits per heavy atom. The summed E-state index contributed by atoms with van der Waals surface area (Å²) < 4.78 is 71.1. The molecule has 40 heavy (non-hydrogen) atoms. The Morgan fingerprint density at radius 1 is 1.15 bits per heavy atom. The maximum absolute atomic E-state index is 13.9. The van der Waals surface area contributed by atoms with Crippen molar-refractivity contribution in [2.45, 2.75) is 57.3 Å². The van der Waals surface area contributed by atoms with Crippen molar-refractivity contribution in [3.8, 4) is 0 Å². The Bertz CT molecular complexity index is 1410. The van der Waals surface area contributed by atoms with E-state index in [2.05, 4.69) is 4.74 Å². The van der Waals surface area contributed by atoms with Crippen molar-refractivity contribution >= 4 is 23.4 Å². The highest BCUT2D eigenvalue weighted by Gasteiger charge is 2.38. The minimum atomic E-state index is -3.51. The zero-order valence-electron chi connectivity index (χ0n) is 21.6. The second-order valence-corrected chi connectivity index (χ2v) is 10.1. The lowest BCUT2D eigenvalue weighted by atomic mass is 9.78. The molecule has 0 saturated heterocycles. The van der Waals surface area contributed by atoms with E-state index in [1.54, 1.807) is 30.4 Å². The highest BCUT2D eigenvalue weighted by atomic mass is 19.3. The molecule has 0 aliphatic heterocycles. The van der Waals surface area contributed by atoms with Crippen LogP contribution in [0.3, 0.4) is 0 Å². The van der Waals surface area contributed by atoms with Crippen molar-refractivity contribution in [3.63, 3.8) is 0 Å². The maximum atomic E-state index is 13.9. The van der Waals surface area contributed by atoms with E-state index < -0.39 is 35.7 Å². The average Bonchev–Trinajstić information content (AvgIpc) is 3.07. The van der Waals surface area contributed by atoms with Crippen LogP contribution < -0.4 is 0 Å². The number of allylic oxidation sites excluding steroid dienone is 4. The Morgan fingerprint density at radius 3 is 2.50 bits per heavy atom. The fourth-order valence-corrected chi connectivity index (χ4v) is 5.22. The minimum Gasteiger partial charge on any atom is -0.419 e. The molecule has 210 valence electrons. The molecule has 2 aromatic rings. The van der Waals surface area contributed by atoms with E-state index in [0.29, 0.717) is 54.9 Å². The van der Waals surface area contributed by atoms with E-state index in [-0.39, 0.29) is 35.2 Å². The van der Waals surface area contributed by atoms with Crippen molar-refractivity contribution in [2.24, 2.45) is 5.92 Å². The summed E-state index contributed by atoms with van der Waals surface area (Å²) in [6.45, 7) is 0.571. The summed E-state index contributed by atoms with van der Waals surface area (Å²) in [5.41, 5.74) is 2.31. The molecule has 5 nitrogen and oxygen atoms in total. The number of rotatable bonds is 7. The van der Waals surface area contributed by atoms with Gasteiger partial charge in [-0.1, -0.05) is 30.4 Å². The molecule has 2 atom stereocenters. The molecule has 10 heteroatoms. The molecule has 0 radical (unpaired) electrons. The van der Waals surface area contributed by atoms with Crippen LogP contribution >= 0.6 is 0 Å². The number of Topliss-reactive ketones (excluding diaryl/α,β-unsaturated/α-hetero) is 2. The number of benzene rings is 2. The molecule has 0 fully saturated rings. The number of ether oxygens (including phenoxy) is 1. The highest BCUT2D eigenvalue weighted by Crippen LogP contribution is 2.41. The first-order valence-electron chi connectivity index (χ1n) is 12.7. The minimum absolute atomic E-state index is 0.0402. The molecular formula is C30H27F5N2O3. The first-order valence-corrected chi connectivity index (χ1v) is 12.7. The molecule has 2 aliphatic carbocycles. The molecule has 2 N–H and O–H groups in total. The first kappa shape index (κ1) is 29.0. The number of nitrogens with one attached hydrogen (secondary N) is 2. The number of ketones is 2. The molecule has 2 aliphatic rings. The van der Waals surface area contributed by atoms with E-state index in [1.165, 1.54) is 24.3 Å². The van der Waals surface area contributed by atoms with Gasteiger partial charge in [0.2, 0.25) is 11.7 Å². The topological polar surface area (TPSA) is 91.1 Å². The lowest BCUT2D eigenvalue weighted by molar-refractivity contribution is -0.136. The van der Waals surface area contributed by atoms with Crippen molar-refractivity contribution in [1.29, 1.82) is 10.8 Å². The molecular weight excluding hydrogens is 531 g/mol. The molecule has 0 spiro atoms. The van der Waals surface area contributed by atoms with Crippen LogP contribution in [-0.4, -0.2) is 35.7 Å². The van der Waals surface area contributed by atoms with Gasteiger partial charge in [-0.2, -0.15) is 17.6 Å². The maximum Gasteiger partial charge on any atom is 0.312 e. The van der Waals surface area contributed by atoms with Gasteiger partial charge < -0.3 is 4.74 Å². The number of carbonyl (C=O) groups excluding carboxylic acids is 2. The molecule has 0 heterocycles. The van der Waals surface area contributed by atoms with Crippen LogP contribution in [0.4, 0.5) is 22.0 Å². The summed E-state index contributed by atoms with van der Waals surface area (Å²) in [7, 11) is 0. The summed E-state index contributed by atoms with van der Waals surface area (Å²) >= 11 is 0. The number of hydrogen-bond acceptors (Lipinski definition) is 5. The molecule has 0 aromatic heterocycles. The summed E-state index contributed by atoms with van der Waals surface area (Å²) in [6, 6.07) is 10.2. The molecule has 4 rings (SSSR count). The van der Waals surface area contributed by atoms with Gasteiger partial charge in [0, 0.05) is 30.0 Å². The molecule has 0 saturated carbocycles. The van der Waals surface area contributed by atoms with E-state index in [4.69, 9.17) is 10.8 Å². The van der Waals surface area contributed by atoms with Crippen LogP contribution in [-0.2, 0) is 16.0 Å². The fourth-order valence-electron chi connectivity index (χ4n) is 5.22. The standard InChI is InChI=1S/C30H27F5N2O3/c1-30(34,35)26(39)20-4-2-3-16(23(14-20)17-9-11-22(31)12-10-17)5-7-19-13-18-6-8-21(15-24(18)25(19)38)28(36)40-29(37)27(32)33/h4,6-12,15-16,23,27,36-37H,2-3,5,13-14H2,1H3/b19-7+,36-28?,37-29?/t16?,23-/m0/s1. The summed E-state index contributed by atoms with van der Waals surface area (Å²) in [5.74, 6) is -7.99. The van der Waals surface area contributed by atoms with Gasteiger partial charge in [-0.05, 0) is 78.5 Å². The second kappa shape index (κ2) is 11.7. The van der Waals surface area contributed by atoms with Crippen LogP contribution in [0.5, 0.6) is 0 Å². The smallest absolute Gasteiger partial charge is 0.312 e. The average molecular weight is 559 g/mol. The summed E-state index contributed by atoms with van der Waals surface area (Å²) in [5, 5.41) is 15.0. The summed E-state index contributed by atoms with van der Waals surface area (Å²) in [4.78, 5) is 25.6. The SMILES string of the molecule is CC(F)(F)C(=O)C1=CCCC(C/C=C2\Cc3ccc(C(=N)OC(=N)C(F)F)cc3C2=O)[C@@H](c2ccc(F)cc2)C1. The molecule has 1 unspecified atom stereocenters. The van der Waals surface area contributed by atoms with Crippen LogP contribution in [0.25, 0.3) is 0 Å². The lowest BCUT2D eigenvalue weighted by Gasteiger charge is -2.26. The number of carbonyl (C=O) groups is 2. The first-order chi connectivity index (χ1) is 18.8. The number of halogens is 5. The van der Waals surface area contributed by atoms with Crippen molar-refractivity contribution in [2.75, 3.05) is 0 Å². The van der Waals surface area contributed by atoms with Gasteiger partial charge in [-0.15, -0.1) is 0 Å². The third-order valence-electron chi connectivity index (χ3n) is 7.29. The summed E-state index contributed by atoms with van der Waals surface area (Å²) in [6.07, 6.45) is 1.92. The monoisotopic (exact) mass is 558 g/mol. The van der Waals surface area contributed by atoms with Gasteiger partial charge >= 0.3 is 12.3 Å². The van der Waals surface area contributed by atoms with Crippen molar-refractivity contribution < 1.29 is 36.3 Å². The fraction of sp³-hybridized carbons (Fsp3) is 0.333. The zero-order chi connectivity index (χ0) is 29.2. The molecule has 2 aromatic carbocycles. The second-order valence-electron chi connectivity index (χ2n) is 10.1. The molecule has 0 amide bonds. The number of fused-ring (bicyclic) bond motifs is 1. The van der Waals surface area contributed by atoms with Gasteiger partial charge in [0.1, 0.15) is 5.82 Å². The predicted octanol–water partition coefficient (Wildman–Crippen LogP) is 7.20. The van der Waals surface area contributed by atoms with Gasteiger partial charge in [-0.25, -0.2) is 4.39 Å². The Kier molecular flexibility index (Phi) is 8.46. The largest absolute Gasteiger partial charge is 0.419 e. The Balaban J connectivity index is 1.55. The van der Waals surface area contributed by atoms with Gasteiger partial charge in [0.15, 0.2) is 5.78 Å².